The normalized spacial score (nSPS) is 10.3. The van der Waals surface area contributed by atoms with Crippen molar-refractivity contribution in [3.63, 3.8) is 0 Å². The summed E-state index contributed by atoms with van der Waals surface area (Å²) in [4.78, 5) is 23.5. The minimum atomic E-state index is -0.203. The number of anilines is 2. The van der Waals surface area contributed by atoms with Gasteiger partial charge in [-0.25, -0.2) is 0 Å². The van der Waals surface area contributed by atoms with Crippen molar-refractivity contribution in [3.8, 4) is 0 Å². The lowest BCUT2D eigenvalue weighted by atomic mass is 10.1. The first-order chi connectivity index (χ1) is 12.1. The van der Waals surface area contributed by atoms with Gasteiger partial charge in [0.15, 0.2) is 0 Å². The van der Waals surface area contributed by atoms with Gasteiger partial charge in [-0.15, -0.1) is 0 Å². The van der Waals surface area contributed by atoms with E-state index in [0.717, 1.165) is 5.56 Å². The zero-order valence-electron chi connectivity index (χ0n) is 13.8. The number of nitrogens with zero attached hydrogens (tertiary/aromatic N) is 2. The van der Waals surface area contributed by atoms with Crippen LogP contribution in [0.1, 0.15) is 22.8 Å². The molecule has 0 unspecified atom stereocenters. The van der Waals surface area contributed by atoms with Gasteiger partial charge in [0.25, 0.3) is 5.91 Å². The fraction of sp³-hybridized carbons (Fsp3) is 0.105. The average Bonchev–Trinajstić information content (AvgIpc) is 3.08. The Balaban J connectivity index is 1.66. The second-order valence-electron chi connectivity index (χ2n) is 5.62. The largest absolute Gasteiger partial charge is 0.326 e. The van der Waals surface area contributed by atoms with Crippen molar-refractivity contribution in [2.24, 2.45) is 0 Å². The number of carbonyl (C=O) groups is 2. The zero-order valence-corrected chi connectivity index (χ0v) is 13.8. The number of amides is 2. The van der Waals surface area contributed by atoms with E-state index in [2.05, 4.69) is 15.7 Å². The Bertz CT molecular complexity index is 871. The van der Waals surface area contributed by atoms with Crippen molar-refractivity contribution in [2.45, 2.75) is 13.5 Å². The molecule has 0 saturated carbocycles. The maximum Gasteiger partial charge on any atom is 0.255 e. The molecule has 1 heterocycles. The molecule has 2 amide bonds. The molecule has 0 aliphatic rings. The second kappa shape index (κ2) is 7.44. The molecule has 0 radical (unpaired) electrons. The van der Waals surface area contributed by atoms with Crippen LogP contribution in [0.5, 0.6) is 0 Å². The third-order valence-corrected chi connectivity index (χ3v) is 3.56. The van der Waals surface area contributed by atoms with E-state index in [1.165, 1.54) is 6.92 Å². The van der Waals surface area contributed by atoms with Gasteiger partial charge in [0, 0.05) is 36.3 Å². The summed E-state index contributed by atoms with van der Waals surface area (Å²) < 4.78 is 1.82. The van der Waals surface area contributed by atoms with Gasteiger partial charge in [0.2, 0.25) is 5.91 Å². The quantitative estimate of drug-likeness (QED) is 0.752. The van der Waals surface area contributed by atoms with Crippen LogP contribution in [0.4, 0.5) is 11.4 Å². The monoisotopic (exact) mass is 334 g/mol. The van der Waals surface area contributed by atoms with E-state index in [1.54, 1.807) is 42.6 Å². The SMILES string of the molecule is CC(=O)Nc1cccc(NC(=O)c2ccc(Cn3cccn3)cc2)c1. The highest BCUT2D eigenvalue weighted by molar-refractivity contribution is 6.04. The van der Waals surface area contributed by atoms with Gasteiger partial charge in [-0.05, 0) is 42.0 Å². The van der Waals surface area contributed by atoms with Gasteiger partial charge in [-0.1, -0.05) is 18.2 Å². The highest BCUT2D eigenvalue weighted by atomic mass is 16.2. The lowest BCUT2D eigenvalue weighted by Crippen LogP contribution is -2.12. The first kappa shape index (κ1) is 16.4. The molecule has 0 spiro atoms. The summed E-state index contributed by atoms with van der Waals surface area (Å²) in [7, 11) is 0. The van der Waals surface area contributed by atoms with E-state index in [0.29, 0.717) is 23.5 Å². The maximum atomic E-state index is 12.4. The number of hydrogen-bond acceptors (Lipinski definition) is 3. The predicted octanol–water partition coefficient (Wildman–Crippen LogP) is 3.14. The third-order valence-electron chi connectivity index (χ3n) is 3.56. The van der Waals surface area contributed by atoms with Crippen LogP contribution in [0.3, 0.4) is 0 Å². The van der Waals surface area contributed by atoms with Gasteiger partial charge in [0.1, 0.15) is 0 Å². The fourth-order valence-corrected chi connectivity index (χ4v) is 2.42. The molecular formula is C19H18N4O2. The van der Waals surface area contributed by atoms with Gasteiger partial charge in [-0.3, -0.25) is 14.3 Å². The standard InChI is InChI=1S/C19H18N4O2/c1-14(24)21-17-4-2-5-18(12-17)22-19(25)16-8-6-15(7-9-16)13-23-11-3-10-20-23/h2-12H,13H2,1H3,(H,21,24)(H,22,25). The molecule has 0 saturated heterocycles. The summed E-state index contributed by atoms with van der Waals surface area (Å²) in [5.41, 5.74) is 2.89. The molecule has 0 fully saturated rings. The van der Waals surface area contributed by atoms with Crippen molar-refractivity contribution in [2.75, 3.05) is 10.6 Å². The van der Waals surface area contributed by atoms with E-state index in [4.69, 9.17) is 0 Å². The van der Waals surface area contributed by atoms with Gasteiger partial charge in [-0.2, -0.15) is 5.10 Å². The highest BCUT2D eigenvalue weighted by Crippen LogP contribution is 2.16. The van der Waals surface area contributed by atoms with Crippen LogP contribution in [-0.2, 0) is 11.3 Å². The number of hydrogen-bond donors (Lipinski definition) is 2. The topological polar surface area (TPSA) is 76.0 Å². The third kappa shape index (κ3) is 4.54. The van der Waals surface area contributed by atoms with E-state index in [9.17, 15) is 9.59 Å². The number of aromatic nitrogens is 2. The lowest BCUT2D eigenvalue weighted by Gasteiger charge is -2.08. The summed E-state index contributed by atoms with van der Waals surface area (Å²) >= 11 is 0. The lowest BCUT2D eigenvalue weighted by molar-refractivity contribution is -0.114. The molecule has 0 aliphatic carbocycles. The van der Waals surface area contributed by atoms with Gasteiger partial charge < -0.3 is 10.6 Å². The minimum absolute atomic E-state index is 0.156. The fourth-order valence-electron chi connectivity index (χ4n) is 2.42. The Morgan fingerprint density at radius 2 is 1.72 bits per heavy atom. The van der Waals surface area contributed by atoms with Crippen LogP contribution >= 0.6 is 0 Å². The van der Waals surface area contributed by atoms with Crippen LogP contribution in [0.2, 0.25) is 0 Å². The summed E-state index contributed by atoms with van der Waals surface area (Å²) in [6.07, 6.45) is 3.62. The molecule has 2 aromatic carbocycles. The van der Waals surface area contributed by atoms with Crippen LogP contribution in [0.15, 0.2) is 67.0 Å². The summed E-state index contributed by atoms with van der Waals surface area (Å²) in [5.74, 6) is -0.359. The Labute approximate surface area is 145 Å². The van der Waals surface area contributed by atoms with E-state index in [1.807, 2.05) is 29.1 Å². The molecule has 25 heavy (non-hydrogen) atoms. The molecule has 126 valence electrons. The van der Waals surface area contributed by atoms with Crippen LogP contribution in [0.25, 0.3) is 0 Å². The summed E-state index contributed by atoms with van der Waals surface area (Å²) in [5, 5.41) is 9.68. The smallest absolute Gasteiger partial charge is 0.255 e. The molecule has 3 rings (SSSR count). The van der Waals surface area contributed by atoms with Crippen molar-refractivity contribution in [3.05, 3.63) is 78.1 Å². The average molecular weight is 334 g/mol. The van der Waals surface area contributed by atoms with E-state index in [-0.39, 0.29) is 11.8 Å². The van der Waals surface area contributed by atoms with Gasteiger partial charge >= 0.3 is 0 Å². The first-order valence-electron chi connectivity index (χ1n) is 7.85. The van der Waals surface area contributed by atoms with Crippen molar-refractivity contribution < 1.29 is 9.59 Å². The number of carbonyl (C=O) groups excluding carboxylic acids is 2. The highest BCUT2D eigenvalue weighted by Gasteiger charge is 2.07. The molecule has 0 aliphatic heterocycles. The number of nitrogens with one attached hydrogen (secondary N) is 2. The van der Waals surface area contributed by atoms with Crippen molar-refractivity contribution in [1.82, 2.24) is 9.78 Å². The Kier molecular flexibility index (Phi) is 4.89. The molecule has 1 aromatic heterocycles. The molecule has 6 heteroatoms. The van der Waals surface area contributed by atoms with Crippen molar-refractivity contribution in [1.29, 1.82) is 0 Å². The minimum Gasteiger partial charge on any atom is -0.326 e. The van der Waals surface area contributed by atoms with Crippen LogP contribution in [0, 0.1) is 0 Å². The molecule has 2 N–H and O–H groups in total. The number of rotatable bonds is 5. The predicted molar refractivity (Wildman–Crippen MR) is 96.5 cm³/mol. The Morgan fingerprint density at radius 3 is 2.36 bits per heavy atom. The van der Waals surface area contributed by atoms with Gasteiger partial charge in [0.05, 0.1) is 6.54 Å². The van der Waals surface area contributed by atoms with Crippen molar-refractivity contribution >= 4 is 23.2 Å². The Morgan fingerprint density at radius 1 is 1.00 bits per heavy atom. The molecular weight excluding hydrogens is 316 g/mol. The zero-order chi connectivity index (χ0) is 17.6. The molecule has 3 aromatic rings. The second-order valence-corrected chi connectivity index (χ2v) is 5.62. The molecule has 6 nitrogen and oxygen atoms in total. The van der Waals surface area contributed by atoms with E-state index >= 15 is 0 Å². The maximum absolute atomic E-state index is 12.4. The molecule has 0 atom stereocenters. The molecule has 0 bridgehead atoms. The Hall–Kier alpha value is -3.41. The summed E-state index contributed by atoms with van der Waals surface area (Å²) in [6, 6.07) is 16.3. The number of benzene rings is 2. The van der Waals surface area contributed by atoms with E-state index < -0.39 is 0 Å². The summed E-state index contributed by atoms with van der Waals surface area (Å²) in [6.45, 7) is 2.10. The first-order valence-corrected chi connectivity index (χ1v) is 7.85. The van der Waals surface area contributed by atoms with Crippen LogP contribution in [-0.4, -0.2) is 21.6 Å². The van der Waals surface area contributed by atoms with Crippen LogP contribution < -0.4 is 10.6 Å².